The standard InChI is InChI=1S/C16H22F3N5O3/c17-16(18,19)13-7-8-20-15(21-13)23-22-14(26)12(9-24(27)10-25)6-5-11-3-1-2-4-11/h7-8,10-12,27H,1-6,9H2,(H,22,26)(H,20,21,23)/t12-/m0/s1. The Balaban J connectivity index is 1.94. The Kier molecular flexibility index (Phi) is 7.34. The van der Waals surface area contributed by atoms with Gasteiger partial charge in [0.15, 0.2) is 0 Å². The van der Waals surface area contributed by atoms with Crippen LogP contribution in [0, 0.1) is 11.8 Å². The van der Waals surface area contributed by atoms with E-state index in [9.17, 15) is 28.0 Å². The minimum absolute atomic E-state index is 0.194. The van der Waals surface area contributed by atoms with E-state index < -0.39 is 29.6 Å². The molecule has 27 heavy (non-hydrogen) atoms. The van der Waals surface area contributed by atoms with Gasteiger partial charge in [0, 0.05) is 6.20 Å². The molecule has 1 aliphatic carbocycles. The maximum absolute atomic E-state index is 12.7. The first-order valence-corrected chi connectivity index (χ1v) is 8.66. The summed E-state index contributed by atoms with van der Waals surface area (Å²) in [5, 5.41) is 9.77. The summed E-state index contributed by atoms with van der Waals surface area (Å²) in [7, 11) is 0. The van der Waals surface area contributed by atoms with E-state index in [1.54, 1.807) is 0 Å². The van der Waals surface area contributed by atoms with E-state index in [4.69, 9.17) is 0 Å². The number of aromatic nitrogens is 2. The lowest BCUT2D eigenvalue weighted by molar-refractivity contribution is -0.154. The lowest BCUT2D eigenvalue weighted by atomic mass is 9.94. The first-order chi connectivity index (χ1) is 12.8. The van der Waals surface area contributed by atoms with Crippen LogP contribution in [0.5, 0.6) is 0 Å². The fraction of sp³-hybridized carbons (Fsp3) is 0.625. The summed E-state index contributed by atoms with van der Waals surface area (Å²) >= 11 is 0. The first kappa shape index (κ1) is 20.9. The van der Waals surface area contributed by atoms with Crippen molar-refractivity contribution in [3.05, 3.63) is 18.0 Å². The summed E-state index contributed by atoms with van der Waals surface area (Å²) in [6, 6.07) is 0.713. The smallest absolute Gasteiger partial charge is 0.286 e. The van der Waals surface area contributed by atoms with Crippen LogP contribution in [-0.4, -0.2) is 39.1 Å². The molecule has 1 heterocycles. The summed E-state index contributed by atoms with van der Waals surface area (Å²) in [6.07, 6.45) is 2.16. The predicted molar refractivity (Wildman–Crippen MR) is 88.0 cm³/mol. The first-order valence-electron chi connectivity index (χ1n) is 8.66. The van der Waals surface area contributed by atoms with E-state index in [2.05, 4.69) is 20.8 Å². The quantitative estimate of drug-likeness (QED) is 0.340. The van der Waals surface area contributed by atoms with E-state index >= 15 is 0 Å². The number of nitrogens with one attached hydrogen (secondary N) is 2. The van der Waals surface area contributed by atoms with Gasteiger partial charge in [0.25, 0.3) is 0 Å². The normalized spacial score (nSPS) is 16.0. The maximum atomic E-state index is 12.7. The number of carbonyl (C=O) groups excluding carboxylic acids is 2. The SMILES string of the molecule is O=CN(O)C[C@H](CCC1CCCC1)C(=O)NNc1nccc(C(F)(F)F)n1. The molecule has 8 nitrogen and oxygen atoms in total. The zero-order chi connectivity index (χ0) is 19.9. The Labute approximate surface area is 154 Å². The lowest BCUT2D eigenvalue weighted by Gasteiger charge is -2.21. The molecule has 3 N–H and O–H groups in total. The van der Waals surface area contributed by atoms with E-state index in [0.717, 1.165) is 38.3 Å². The zero-order valence-electron chi connectivity index (χ0n) is 14.6. The summed E-state index contributed by atoms with van der Waals surface area (Å²) in [4.78, 5) is 29.9. The topological polar surface area (TPSA) is 107 Å². The Morgan fingerprint density at radius 2 is 2.11 bits per heavy atom. The number of anilines is 1. The molecular weight excluding hydrogens is 367 g/mol. The van der Waals surface area contributed by atoms with Crippen LogP contribution in [0.1, 0.15) is 44.2 Å². The summed E-state index contributed by atoms with van der Waals surface area (Å²) in [5.74, 6) is -1.21. The Morgan fingerprint density at radius 3 is 2.74 bits per heavy atom. The summed E-state index contributed by atoms with van der Waals surface area (Å²) in [5.41, 5.74) is 3.35. The molecule has 0 saturated heterocycles. The second-order valence-corrected chi connectivity index (χ2v) is 6.53. The molecule has 1 saturated carbocycles. The zero-order valence-corrected chi connectivity index (χ0v) is 14.6. The number of hydrogen-bond donors (Lipinski definition) is 3. The molecule has 2 amide bonds. The molecule has 1 aromatic heterocycles. The number of alkyl halides is 3. The van der Waals surface area contributed by atoms with Gasteiger partial charge in [0.2, 0.25) is 18.3 Å². The van der Waals surface area contributed by atoms with Crippen molar-refractivity contribution in [1.82, 2.24) is 20.5 Å². The van der Waals surface area contributed by atoms with Gasteiger partial charge in [-0.05, 0) is 24.8 Å². The molecule has 0 unspecified atom stereocenters. The maximum Gasteiger partial charge on any atom is 0.433 e. The van der Waals surface area contributed by atoms with Gasteiger partial charge in [0.1, 0.15) is 5.69 Å². The predicted octanol–water partition coefficient (Wildman–Crippen LogP) is 2.37. The third kappa shape index (κ3) is 6.66. The van der Waals surface area contributed by atoms with Gasteiger partial charge in [-0.25, -0.2) is 15.0 Å². The fourth-order valence-corrected chi connectivity index (χ4v) is 3.11. The van der Waals surface area contributed by atoms with Gasteiger partial charge in [-0.1, -0.05) is 25.7 Å². The monoisotopic (exact) mass is 389 g/mol. The van der Waals surface area contributed by atoms with Gasteiger partial charge in [-0.2, -0.15) is 13.2 Å². The molecule has 0 bridgehead atoms. The van der Waals surface area contributed by atoms with Crippen molar-refractivity contribution in [2.75, 3.05) is 12.0 Å². The number of amides is 2. The summed E-state index contributed by atoms with van der Waals surface area (Å²) < 4.78 is 38.0. The van der Waals surface area contributed by atoms with Crippen molar-refractivity contribution in [2.45, 2.75) is 44.7 Å². The number of hydrogen-bond acceptors (Lipinski definition) is 6. The van der Waals surface area contributed by atoms with Crippen LogP contribution < -0.4 is 10.9 Å². The minimum Gasteiger partial charge on any atom is -0.286 e. The second-order valence-electron chi connectivity index (χ2n) is 6.53. The molecule has 0 radical (unpaired) electrons. The summed E-state index contributed by atoms with van der Waals surface area (Å²) in [6.45, 7) is -0.215. The van der Waals surface area contributed by atoms with Crippen LogP contribution in [0.4, 0.5) is 19.1 Å². The number of nitrogens with zero attached hydrogens (tertiary/aromatic N) is 3. The molecule has 150 valence electrons. The van der Waals surface area contributed by atoms with Crippen LogP contribution in [0.15, 0.2) is 12.3 Å². The van der Waals surface area contributed by atoms with Crippen LogP contribution in [0.25, 0.3) is 0 Å². The van der Waals surface area contributed by atoms with E-state index in [0.29, 0.717) is 23.5 Å². The van der Waals surface area contributed by atoms with E-state index in [-0.39, 0.29) is 13.0 Å². The molecular formula is C16H22F3N5O3. The number of hydroxylamine groups is 2. The highest BCUT2D eigenvalue weighted by Crippen LogP contribution is 2.30. The average molecular weight is 389 g/mol. The largest absolute Gasteiger partial charge is 0.433 e. The number of hydrazine groups is 1. The highest BCUT2D eigenvalue weighted by molar-refractivity contribution is 5.80. The number of rotatable bonds is 9. The Morgan fingerprint density at radius 1 is 1.41 bits per heavy atom. The molecule has 0 spiro atoms. The lowest BCUT2D eigenvalue weighted by Crippen LogP contribution is -2.40. The highest BCUT2D eigenvalue weighted by Gasteiger charge is 2.33. The molecule has 1 aliphatic rings. The van der Waals surface area contributed by atoms with E-state index in [1.165, 1.54) is 0 Å². The Hall–Kier alpha value is -2.43. The Bertz CT molecular complexity index is 638. The van der Waals surface area contributed by atoms with Crippen molar-refractivity contribution in [1.29, 1.82) is 0 Å². The molecule has 1 fully saturated rings. The third-order valence-corrected chi connectivity index (χ3v) is 4.54. The van der Waals surface area contributed by atoms with Crippen molar-refractivity contribution in [3.8, 4) is 0 Å². The number of carbonyl (C=O) groups is 2. The van der Waals surface area contributed by atoms with Crippen molar-refractivity contribution in [2.24, 2.45) is 11.8 Å². The molecule has 1 aromatic rings. The molecule has 0 aromatic carbocycles. The molecule has 11 heteroatoms. The van der Waals surface area contributed by atoms with Crippen molar-refractivity contribution >= 4 is 18.3 Å². The van der Waals surface area contributed by atoms with E-state index in [1.807, 2.05) is 0 Å². The van der Waals surface area contributed by atoms with Crippen LogP contribution in [0.2, 0.25) is 0 Å². The van der Waals surface area contributed by atoms with Crippen LogP contribution >= 0.6 is 0 Å². The minimum atomic E-state index is -4.63. The highest BCUT2D eigenvalue weighted by atomic mass is 19.4. The van der Waals surface area contributed by atoms with Gasteiger partial charge in [-0.3, -0.25) is 25.6 Å². The second kappa shape index (κ2) is 9.49. The molecule has 2 rings (SSSR count). The number of halogens is 3. The van der Waals surface area contributed by atoms with Crippen LogP contribution in [0.3, 0.4) is 0 Å². The van der Waals surface area contributed by atoms with Gasteiger partial charge in [0.05, 0.1) is 12.5 Å². The van der Waals surface area contributed by atoms with Crippen molar-refractivity contribution in [3.63, 3.8) is 0 Å². The average Bonchev–Trinajstić information content (AvgIpc) is 3.16. The van der Waals surface area contributed by atoms with Gasteiger partial charge in [-0.15, -0.1) is 0 Å². The molecule has 1 atom stereocenters. The van der Waals surface area contributed by atoms with Gasteiger partial charge < -0.3 is 0 Å². The van der Waals surface area contributed by atoms with Crippen LogP contribution in [-0.2, 0) is 15.8 Å². The van der Waals surface area contributed by atoms with Crippen molar-refractivity contribution < 1.29 is 28.0 Å². The fourth-order valence-electron chi connectivity index (χ4n) is 3.11. The molecule has 0 aliphatic heterocycles. The van der Waals surface area contributed by atoms with Gasteiger partial charge >= 0.3 is 6.18 Å². The third-order valence-electron chi connectivity index (χ3n) is 4.54.